The molecular formula is C13H22ClNOS. The molecule has 0 aliphatic rings. The minimum atomic E-state index is 0.00924. The monoisotopic (exact) mass is 275 g/mol. The Morgan fingerprint density at radius 1 is 1.41 bits per heavy atom. The van der Waals surface area contributed by atoms with Crippen molar-refractivity contribution in [2.75, 3.05) is 13.2 Å². The zero-order chi connectivity index (χ0) is 12.9. The second-order valence-corrected chi connectivity index (χ2v) is 6.36. The summed E-state index contributed by atoms with van der Waals surface area (Å²) in [5.74, 6) is 0. The Balaban J connectivity index is 2.55. The molecule has 1 unspecified atom stereocenters. The molecule has 0 amide bonds. The van der Waals surface area contributed by atoms with Crippen LogP contribution in [0.4, 0.5) is 0 Å². The molecule has 0 aliphatic carbocycles. The van der Waals surface area contributed by atoms with Crippen molar-refractivity contribution in [3.8, 4) is 0 Å². The molecule has 1 aromatic rings. The molecule has 4 heteroatoms. The highest BCUT2D eigenvalue weighted by atomic mass is 35.5. The Hall–Kier alpha value is -0.0900. The Morgan fingerprint density at radius 3 is 2.47 bits per heavy atom. The third kappa shape index (κ3) is 3.95. The molecule has 0 bridgehead atoms. The van der Waals surface area contributed by atoms with Crippen molar-refractivity contribution in [3.63, 3.8) is 0 Å². The molecular weight excluding hydrogens is 254 g/mol. The van der Waals surface area contributed by atoms with Gasteiger partial charge in [0.25, 0.3) is 0 Å². The second-order valence-electron chi connectivity index (χ2n) is 4.61. The summed E-state index contributed by atoms with van der Waals surface area (Å²) < 4.78 is 0.827. The summed E-state index contributed by atoms with van der Waals surface area (Å²) in [6.45, 7) is 7.48. The molecule has 1 aromatic heterocycles. The lowest BCUT2D eigenvalue weighted by molar-refractivity contribution is 0.110. The number of thiophene rings is 1. The van der Waals surface area contributed by atoms with Gasteiger partial charge in [0.1, 0.15) is 0 Å². The van der Waals surface area contributed by atoms with E-state index in [0.717, 1.165) is 23.7 Å². The first-order valence-corrected chi connectivity index (χ1v) is 7.36. The lowest BCUT2D eigenvalue weighted by atomic mass is 9.83. The lowest BCUT2D eigenvalue weighted by Crippen LogP contribution is -2.37. The van der Waals surface area contributed by atoms with E-state index < -0.39 is 0 Å². The summed E-state index contributed by atoms with van der Waals surface area (Å²) in [7, 11) is 0. The fraction of sp³-hybridized carbons (Fsp3) is 0.692. The van der Waals surface area contributed by atoms with Crippen molar-refractivity contribution in [1.29, 1.82) is 0 Å². The average Bonchev–Trinajstić information content (AvgIpc) is 2.78. The minimum absolute atomic E-state index is 0.00924. The first kappa shape index (κ1) is 15.0. The highest BCUT2D eigenvalue weighted by molar-refractivity contribution is 7.16. The first-order chi connectivity index (χ1) is 8.06. The van der Waals surface area contributed by atoms with Crippen molar-refractivity contribution in [1.82, 2.24) is 5.32 Å². The molecule has 0 saturated heterocycles. The molecule has 1 rings (SSSR count). The summed E-state index contributed by atoms with van der Waals surface area (Å²) in [5.41, 5.74) is 0.00924. The number of aliphatic hydroxyl groups excluding tert-OH is 1. The van der Waals surface area contributed by atoms with Gasteiger partial charge >= 0.3 is 0 Å². The first-order valence-electron chi connectivity index (χ1n) is 6.16. The minimum Gasteiger partial charge on any atom is -0.396 e. The maximum Gasteiger partial charge on any atom is 0.0931 e. The van der Waals surface area contributed by atoms with E-state index in [9.17, 15) is 5.11 Å². The van der Waals surface area contributed by atoms with E-state index in [1.165, 1.54) is 4.88 Å². The quantitative estimate of drug-likeness (QED) is 0.792. The van der Waals surface area contributed by atoms with Gasteiger partial charge in [-0.05, 0) is 31.9 Å². The fourth-order valence-electron chi connectivity index (χ4n) is 1.81. The molecule has 0 fully saturated rings. The van der Waals surface area contributed by atoms with Gasteiger partial charge in [-0.25, -0.2) is 0 Å². The van der Waals surface area contributed by atoms with Crippen LogP contribution in [0.25, 0.3) is 0 Å². The molecule has 1 atom stereocenters. The number of hydrogen-bond donors (Lipinski definition) is 2. The number of aliphatic hydroxyl groups is 1. The van der Waals surface area contributed by atoms with Crippen LogP contribution < -0.4 is 5.32 Å². The van der Waals surface area contributed by atoms with Gasteiger partial charge in [-0.2, -0.15) is 0 Å². The van der Waals surface area contributed by atoms with Crippen molar-refractivity contribution in [2.24, 2.45) is 5.41 Å². The summed E-state index contributed by atoms with van der Waals surface area (Å²) in [4.78, 5) is 1.24. The second kappa shape index (κ2) is 6.74. The van der Waals surface area contributed by atoms with E-state index >= 15 is 0 Å². The van der Waals surface area contributed by atoms with Gasteiger partial charge in [0, 0.05) is 29.5 Å². The van der Waals surface area contributed by atoms with E-state index in [4.69, 9.17) is 11.6 Å². The highest BCUT2D eigenvalue weighted by Gasteiger charge is 2.25. The summed E-state index contributed by atoms with van der Waals surface area (Å²) in [6, 6.07) is 4.28. The van der Waals surface area contributed by atoms with Crippen LogP contribution in [0, 0.1) is 5.41 Å². The number of nitrogens with one attached hydrogen (secondary N) is 1. The molecule has 98 valence electrons. The third-order valence-corrected chi connectivity index (χ3v) is 5.05. The maximum atomic E-state index is 9.51. The van der Waals surface area contributed by atoms with Crippen LogP contribution in [0.15, 0.2) is 12.1 Å². The normalized spacial score (nSPS) is 13.9. The zero-order valence-corrected chi connectivity index (χ0v) is 12.4. The van der Waals surface area contributed by atoms with Crippen molar-refractivity contribution in [3.05, 3.63) is 21.3 Å². The number of halogens is 1. The predicted octanol–water partition coefficient (Wildman–Crippen LogP) is 3.85. The fourth-order valence-corrected chi connectivity index (χ4v) is 2.90. The standard InChI is InChI=1S/C13H22ClNOS/c1-4-13(5-2,9-16)8-15-10(3)11-6-7-12(14)17-11/h6-7,10,15-16H,4-5,8-9H2,1-3H3. The van der Waals surface area contributed by atoms with Crippen LogP contribution in [-0.4, -0.2) is 18.3 Å². The van der Waals surface area contributed by atoms with Crippen LogP contribution in [0.2, 0.25) is 4.34 Å². The van der Waals surface area contributed by atoms with Crippen LogP contribution in [0.5, 0.6) is 0 Å². The Kier molecular flexibility index (Phi) is 5.93. The molecule has 2 nitrogen and oxygen atoms in total. The summed E-state index contributed by atoms with van der Waals surface area (Å²) in [6.07, 6.45) is 1.98. The molecule has 17 heavy (non-hydrogen) atoms. The van der Waals surface area contributed by atoms with Gasteiger partial charge in [-0.15, -0.1) is 11.3 Å². The van der Waals surface area contributed by atoms with E-state index in [2.05, 4.69) is 32.2 Å². The average molecular weight is 276 g/mol. The van der Waals surface area contributed by atoms with Crippen molar-refractivity contribution in [2.45, 2.75) is 39.7 Å². The Morgan fingerprint density at radius 2 is 2.06 bits per heavy atom. The third-order valence-electron chi connectivity index (χ3n) is 3.64. The summed E-state index contributed by atoms with van der Waals surface area (Å²) >= 11 is 7.54. The molecule has 0 spiro atoms. The van der Waals surface area contributed by atoms with Crippen LogP contribution in [0.1, 0.15) is 44.5 Å². The van der Waals surface area contributed by atoms with E-state index in [-0.39, 0.29) is 18.1 Å². The molecule has 0 aliphatic heterocycles. The van der Waals surface area contributed by atoms with Gasteiger partial charge in [-0.1, -0.05) is 25.4 Å². The molecule has 0 radical (unpaired) electrons. The zero-order valence-electron chi connectivity index (χ0n) is 10.8. The van der Waals surface area contributed by atoms with Crippen LogP contribution in [0.3, 0.4) is 0 Å². The van der Waals surface area contributed by atoms with Crippen LogP contribution >= 0.6 is 22.9 Å². The Bertz CT molecular complexity index is 328. The van der Waals surface area contributed by atoms with E-state index in [0.29, 0.717) is 0 Å². The number of hydrogen-bond acceptors (Lipinski definition) is 3. The van der Waals surface area contributed by atoms with Gasteiger partial charge in [0.15, 0.2) is 0 Å². The highest BCUT2D eigenvalue weighted by Crippen LogP contribution is 2.29. The van der Waals surface area contributed by atoms with E-state index in [1.54, 1.807) is 11.3 Å². The van der Waals surface area contributed by atoms with E-state index in [1.807, 2.05) is 6.07 Å². The van der Waals surface area contributed by atoms with Crippen molar-refractivity contribution >= 4 is 22.9 Å². The predicted molar refractivity (Wildman–Crippen MR) is 75.8 cm³/mol. The smallest absolute Gasteiger partial charge is 0.0931 e. The maximum absolute atomic E-state index is 9.51. The lowest BCUT2D eigenvalue weighted by Gasteiger charge is -2.31. The molecule has 2 N–H and O–H groups in total. The van der Waals surface area contributed by atoms with Gasteiger partial charge in [-0.3, -0.25) is 0 Å². The van der Waals surface area contributed by atoms with Gasteiger partial charge in [0.05, 0.1) is 4.34 Å². The van der Waals surface area contributed by atoms with Gasteiger partial charge < -0.3 is 10.4 Å². The van der Waals surface area contributed by atoms with Gasteiger partial charge in [0.2, 0.25) is 0 Å². The number of rotatable bonds is 7. The van der Waals surface area contributed by atoms with Crippen molar-refractivity contribution < 1.29 is 5.11 Å². The SMILES string of the molecule is CCC(CC)(CO)CNC(C)c1ccc(Cl)s1. The molecule has 0 aromatic carbocycles. The topological polar surface area (TPSA) is 32.3 Å². The Labute approximate surface area is 113 Å². The molecule has 0 saturated carbocycles. The largest absolute Gasteiger partial charge is 0.396 e. The summed E-state index contributed by atoms with van der Waals surface area (Å²) in [5, 5.41) is 13.0. The van der Waals surface area contributed by atoms with Crippen LogP contribution in [-0.2, 0) is 0 Å². The molecule has 1 heterocycles.